The smallest absolute Gasteiger partial charge is 0.272 e. The van der Waals surface area contributed by atoms with Gasteiger partial charge >= 0.3 is 0 Å². The maximum absolute atomic E-state index is 13.5. The summed E-state index contributed by atoms with van der Waals surface area (Å²) in [6, 6.07) is 5.55. The number of hydrogen-bond donors (Lipinski definition) is 1. The summed E-state index contributed by atoms with van der Waals surface area (Å²) < 4.78 is 26.6. The van der Waals surface area contributed by atoms with Gasteiger partial charge < -0.3 is 15.1 Å². The average molecular weight is 361 g/mol. The fourth-order valence-electron chi connectivity index (χ4n) is 3.01. The zero-order chi connectivity index (χ0) is 18.7. The fourth-order valence-corrected chi connectivity index (χ4v) is 3.01. The van der Waals surface area contributed by atoms with Gasteiger partial charge in [0.1, 0.15) is 5.69 Å². The lowest BCUT2D eigenvalue weighted by Crippen LogP contribution is -2.35. The topological polar surface area (TPSA) is 61.4 Å². The number of aryl methyl sites for hydroxylation is 1. The first-order chi connectivity index (χ1) is 12.5. The molecule has 1 aliphatic rings. The maximum Gasteiger partial charge on any atom is 0.272 e. The van der Waals surface area contributed by atoms with E-state index in [1.54, 1.807) is 24.1 Å². The van der Waals surface area contributed by atoms with Gasteiger partial charge in [0.05, 0.1) is 0 Å². The van der Waals surface area contributed by atoms with Gasteiger partial charge in [0.25, 0.3) is 5.91 Å². The van der Waals surface area contributed by atoms with E-state index in [1.165, 1.54) is 6.07 Å². The average Bonchev–Trinajstić information content (AvgIpc) is 2.89. The molecule has 3 rings (SSSR count). The Kier molecular flexibility index (Phi) is 5.29. The second-order valence-corrected chi connectivity index (χ2v) is 6.20. The molecule has 1 saturated heterocycles. The van der Waals surface area contributed by atoms with E-state index in [1.807, 2.05) is 11.8 Å². The predicted octanol–water partition coefficient (Wildman–Crippen LogP) is 2.46. The molecule has 2 heterocycles. The highest BCUT2D eigenvalue weighted by Crippen LogP contribution is 2.20. The first-order valence-electron chi connectivity index (χ1n) is 8.50. The number of anilines is 2. The summed E-state index contributed by atoms with van der Waals surface area (Å²) in [5.74, 6) is -1.47. The third kappa shape index (κ3) is 3.89. The molecule has 0 bridgehead atoms. The molecule has 1 N–H and O–H groups in total. The number of hydrogen-bond acceptors (Lipinski definition) is 5. The summed E-state index contributed by atoms with van der Waals surface area (Å²) in [7, 11) is 1.70. The number of nitrogens with one attached hydrogen (secondary N) is 1. The van der Waals surface area contributed by atoms with Crippen LogP contribution in [-0.2, 0) is 0 Å². The molecule has 1 aromatic carbocycles. The lowest BCUT2D eigenvalue weighted by molar-refractivity contribution is 0.0761. The molecule has 0 radical (unpaired) electrons. The van der Waals surface area contributed by atoms with E-state index < -0.39 is 11.6 Å². The lowest BCUT2D eigenvalue weighted by atomic mass is 10.2. The second-order valence-electron chi connectivity index (χ2n) is 6.20. The minimum Gasteiger partial charge on any atom is -0.370 e. The third-order valence-electron chi connectivity index (χ3n) is 4.35. The Morgan fingerprint density at radius 1 is 1.08 bits per heavy atom. The number of rotatable bonds is 3. The highest BCUT2D eigenvalue weighted by atomic mass is 19.2. The number of amides is 1. The Bertz CT molecular complexity index is 814. The highest BCUT2D eigenvalue weighted by Gasteiger charge is 2.22. The first-order valence-corrected chi connectivity index (χ1v) is 8.50. The number of nitrogens with zero attached hydrogens (tertiary/aromatic N) is 4. The van der Waals surface area contributed by atoms with Crippen molar-refractivity contribution in [3.05, 3.63) is 47.3 Å². The van der Waals surface area contributed by atoms with Crippen molar-refractivity contribution in [1.29, 1.82) is 0 Å². The number of benzene rings is 1. The first kappa shape index (κ1) is 18.0. The molecule has 0 unspecified atom stereocenters. The summed E-state index contributed by atoms with van der Waals surface area (Å²) in [6.07, 6.45) is 0.730. The second kappa shape index (κ2) is 7.63. The normalized spacial score (nSPS) is 14.9. The molecule has 138 valence electrons. The summed E-state index contributed by atoms with van der Waals surface area (Å²) in [6.45, 7) is 4.08. The molecule has 2 aromatic rings. The Balaban J connectivity index is 1.73. The molecule has 0 saturated carbocycles. The molecule has 6 nitrogen and oxygen atoms in total. The van der Waals surface area contributed by atoms with Crippen LogP contribution >= 0.6 is 0 Å². The van der Waals surface area contributed by atoms with Crippen LogP contribution < -0.4 is 10.2 Å². The van der Waals surface area contributed by atoms with Crippen molar-refractivity contribution in [2.24, 2.45) is 0 Å². The van der Waals surface area contributed by atoms with Crippen molar-refractivity contribution in [3.8, 4) is 0 Å². The summed E-state index contributed by atoms with van der Waals surface area (Å²) >= 11 is 0. The Hall–Kier alpha value is -2.77. The van der Waals surface area contributed by atoms with Gasteiger partial charge in [0.2, 0.25) is 5.95 Å². The number of carbonyl (C=O) groups excluding carboxylic acids is 1. The predicted molar refractivity (Wildman–Crippen MR) is 95.4 cm³/mol. The van der Waals surface area contributed by atoms with Crippen LogP contribution in [0.25, 0.3) is 0 Å². The summed E-state index contributed by atoms with van der Waals surface area (Å²) in [4.78, 5) is 24.9. The van der Waals surface area contributed by atoms with Gasteiger partial charge in [0, 0.05) is 50.7 Å². The van der Waals surface area contributed by atoms with Crippen LogP contribution in [0.15, 0.2) is 24.3 Å². The van der Waals surface area contributed by atoms with Gasteiger partial charge in [-0.05, 0) is 31.5 Å². The molecule has 8 heteroatoms. The summed E-state index contributed by atoms with van der Waals surface area (Å²) in [5, 5.41) is 2.85. The molecular formula is C18H21F2N5O. The minimum atomic E-state index is -0.865. The van der Waals surface area contributed by atoms with Gasteiger partial charge in [-0.25, -0.2) is 18.7 Å². The molecule has 26 heavy (non-hydrogen) atoms. The number of halogens is 2. The van der Waals surface area contributed by atoms with Crippen molar-refractivity contribution in [2.45, 2.75) is 13.3 Å². The minimum absolute atomic E-state index is 0.154. The molecule has 1 amide bonds. The van der Waals surface area contributed by atoms with Gasteiger partial charge in [-0.1, -0.05) is 0 Å². The van der Waals surface area contributed by atoms with Crippen LogP contribution in [0.2, 0.25) is 0 Å². The largest absolute Gasteiger partial charge is 0.370 e. The zero-order valence-electron chi connectivity index (χ0n) is 14.8. The van der Waals surface area contributed by atoms with Gasteiger partial charge in [0.15, 0.2) is 11.6 Å². The molecule has 1 aromatic heterocycles. The Labute approximate surface area is 150 Å². The number of carbonyl (C=O) groups is 1. The fraction of sp³-hybridized carbons (Fsp3) is 0.389. The third-order valence-corrected chi connectivity index (χ3v) is 4.35. The molecule has 0 aliphatic carbocycles. The van der Waals surface area contributed by atoms with Crippen molar-refractivity contribution < 1.29 is 13.6 Å². The van der Waals surface area contributed by atoms with Crippen LogP contribution in [-0.4, -0.2) is 54.0 Å². The van der Waals surface area contributed by atoms with Crippen LogP contribution in [0.5, 0.6) is 0 Å². The number of aromatic nitrogens is 2. The zero-order valence-corrected chi connectivity index (χ0v) is 14.8. The Morgan fingerprint density at radius 3 is 2.62 bits per heavy atom. The SMILES string of the molecule is CNc1nc(C)cc(C(=O)N2CCCN(c3ccc(F)c(F)c3)CC2)n1. The van der Waals surface area contributed by atoms with E-state index in [9.17, 15) is 13.6 Å². The van der Waals surface area contributed by atoms with Gasteiger partial charge in [-0.3, -0.25) is 4.79 Å². The van der Waals surface area contributed by atoms with Crippen LogP contribution in [0.1, 0.15) is 22.6 Å². The maximum atomic E-state index is 13.5. The van der Waals surface area contributed by atoms with Crippen LogP contribution in [0.3, 0.4) is 0 Å². The molecule has 1 aliphatic heterocycles. The van der Waals surface area contributed by atoms with Gasteiger partial charge in [-0.15, -0.1) is 0 Å². The molecule has 0 atom stereocenters. The standard InChI is InChI=1S/C18H21F2N5O/c1-12-10-16(23-18(21-2)22-12)17(26)25-7-3-6-24(8-9-25)13-4-5-14(19)15(20)11-13/h4-5,10-11H,3,6-9H2,1-2H3,(H,21,22,23). The molecule has 0 spiro atoms. The van der Waals surface area contributed by atoms with Gasteiger partial charge in [-0.2, -0.15) is 0 Å². The van der Waals surface area contributed by atoms with Crippen molar-refractivity contribution in [1.82, 2.24) is 14.9 Å². The van der Waals surface area contributed by atoms with Crippen LogP contribution in [0, 0.1) is 18.6 Å². The van der Waals surface area contributed by atoms with E-state index in [0.29, 0.717) is 49.2 Å². The van der Waals surface area contributed by atoms with Crippen LogP contribution in [0.4, 0.5) is 20.4 Å². The monoisotopic (exact) mass is 361 g/mol. The Morgan fingerprint density at radius 2 is 1.88 bits per heavy atom. The molecular weight excluding hydrogens is 340 g/mol. The van der Waals surface area contributed by atoms with E-state index in [2.05, 4.69) is 15.3 Å². The lowest BCUT2D eigenvalue weighted by Gasteiger charge is -2.23. The van der Waals surface area contributed by atoms with E-state index in [-0.39, 0.29) is 5.91 Å². The summed E-state index contributed by atoms with van der Waals surface area (Å²) in [5.41, 5.74) is 1.68. The molecule has 1 fully saturated rings. The quantitative estimate of drug-likeness (QED) is 0.910. The van der Waals surface area contributed by atoms with Crippen molar-refractivity contribution in [3.63, 3.8) is 0 Å². The van der Waals surface area contributed by atoms with E-state index in [0.717, 1.165) is 12.5 Å². The van der Waals surface area contributed by atoms with Crippen molar-refractivity contribution in [2.75, 3.05) is 43.4 Å². The van der Waals surface area contributed by atoms with E-state index in [4.69, 9.17) is 0 Å². The van der Waals surface area contributed by atoms with E-state index >= 15 is 0 Å². The highest BCUT2D eigenvalue weighted by molar-refractivity contribution is 5.92. The van der Waals surface area contributed by atoms with Crippen molar-refractivity contribution >= 4 is 17.5 Å².